The predicted octanol–water partition coefficient (Wildman–Crippen LogP) is 3.14. The van der Waals surface area contributed by atoms with E-state index in [0.717, 1.165) is 36.2 Å². The van der Waals surface area contributed by atoms with E-state index in [1.54, 1.807) is 24.3 Å². The van der Waals surface area contributed by atoms with Gasteiger partial charge in [-0.3, -0.25) is 9.59 Å². The van der Waals surface area contributed by atoms with E-state index in [2.05, 4.69) is 22.5 Å². The van der Waals surface area contributed by atoms with E-state index in [0.29, 0.717) is 10.7 Å². The van der Waals surface area contributed by atoms with E-state index in [4.69, 9.17) is 23.8 Å². The Labute approximate surface area is 162 Å². The van der Waals surface area contributed by atoms with Gasteiger partial charge in [0.15, 0.2) is 0 Å². The number of thiocarbonyl (C=S) groups is 1. The van der Waals surface area contributed by atoms with Crippen molar-refractivity contribution in [3.63, 3.8) is 0 Å². The van der Waals surface area contributed by atoms with Crippen molar-refractivity contribution in [1.29, 1.82) is 0 Å². The van der Waals surface area contributed by atoms with Crippen LogP contribution in [0.5, 0.6) is 0 Å². The Balaban J connectivity index is 1.64. The molecule has 25 heavy (non-hydrogen) atoms. The molecule has 0 aromatic heterocycles. The van der Waals surface area contributed by atoms with E-state index in [-0.39, 0.29) is 24.1 Å². The lowest BCUT2D eigenvalue weighted by Crippen LogP contribution is -2.37. The number of carbonyl (C=O) groups excluding carboxylic acids is 2. The molecule has 2 amide bonds. The molecule has 1 fully saturated rings. The van der Waals surface area contributed by atoms with Crippen LogP contribution < -0.4 is 10.6 Å². The quantitative estimate of drug-likeness (QED) is 0.745. The number of rotatable bonds is 5. The molecule has 0 atom stereocenters. The van der Waals surface area contributed by atoms with Crippen LogP contribution in [-0.4, -0.2) is 46.4 Å². The monoisotopic (exact) mass is 399 g/mol. The minimum atomic E-state index is -0.284. The van der Waals surface area contributed by atoms with Gasteiger partial charge < -0.3 is 15.5 Å². The first-order chi connectivity index (χ1) is 11.9. The Bertz CT molecular complexity index is 617. The molecular weight excluding hydrogens is 378 g/mol. The fourth-order valence-electron chi connectivity index (χ4n) is 2.38. The molecule has 1 aliphatic heterocycles. The normalized spacial score (nSPS) is 14.9. The standard InChI is InChI=1S/C17H22ClN3O2S2/c1-12-6-8-21(9-7-12)17(24)25-11-16(23)19-10-15(22)20-14-4-2-13(18)3-5-14/h2-5,12H,6-11H2,1H3,(H,19,23)(H,20,22). The number of hydrogen-bond acceptors (Lipinski definition) is 4. The summed E-state index contributed by atoms with van der Waals surface area (Å²) in [7, 11) is 0. The molecule has 0 radical (unpaired) electrons. The smallest absolute Gasteiger partial charge is 0.243 e. The van der Waals surface area contributed by atoms with Gasteiger partial charge >= 0.3 is 0 Å². The first-order valence-corrected chi connectivity index (χ1v) is 9.95. The summed E-state index contributed by atoms with van der Waals surface area (Å²) in [6.07, 6.45) is 2.27. The molecule has 0 aliphatic carbocycles. The average Bonchev–Trinajstić information content (AvgIpc) is 2.60. The largest absolute Gasteiger partial charge is 0.357 e. The van der Waals surface area contributed by atoms with Gasteiger partial charge in [-0.25, -0.2) is 0 Å². The molecule has 0 spiro atoms. The van der Waals surface area contributed by atoms with Crippen molar-refractivity contribution in [3.8, 4) is 0 Å². The zero-order valence-electron chi connectivity index (χ0n) is 14.1. The van der Waals surface area contributed by atoms with Gasteiger partial charge in [-0.15, -0.1) is 0 Å². The highest BCUT2D eigenvalue weighted by Crippen LogP contribution is 2.20. The van der Waals surface area contributed by atoms with Crippen molar-refractivity contribution in [3.05, 3.63) is 29.3 Å². The Hall–Kier alpha value is -1.31. The van der Waals surface area contributed by atoms with Gasteiger partial charge in [0, 0.05) is 23.8 Å². The Morgan fingerprint density at radius 2 is 1.88 bits per heavy atom. The number of benzene rings is 1. The third kappa shape index (κ3) is 7.22. The van der Waals surface area contributed by atoms with Crippen LogP contribution in [0.1, 0.15) is 19.8 Å². The zero-order valence-corrected chi connectivity index (χ0v) is 16.5. The van der Waals surface area contributed by atoms with E-state index < -0.39 is 0 Å². The van der Waals surface area contributed by atoms with Gasteiger partial charge in [-0.1, -0.05) is 42.5 Å². The number of carbonyl (C=O) groups is 2. The lowest BCUT2D eigenvalue weighted by atomic mass is 10.00. The summed E-state index contributed by atoms with van der Waals surface area (Å²) in [6, 6.07) is 6.79. The first-order valence-electron chi connectivity index (χ1n) is 8.18. The van der Waals surface area contributed by atoms with Crippen LogP contribution in [0.2, 0.25) is 5.02 Å². The number of anilines is 1. The Morgan fingerprint density at radius 1 is 1.24 bits per heavy atom. The number of hydrogen-bond donors (Lipinski definition) is 2. The van der Waals surface area contributed by atoms with Crippen LogP contribution in [0.4, 0.5) is 5.69 Å². The number of halogens is 1. The number of nitrogens with one attached hydrogen (secondary N) is 2. The Kier molecular flexibility index (Phi) is 7.99. The molecule has 1 aromatic rings. The maximum absolute atomic E-state index is 11.9. The SMILES string of the molecule is CC1CCN(C(=S)SCC(=O)NCC(=O)Nc2ccc(Cl)cc2)CC1. The number of amides is 2. The number of nitrogens with zero attached hydrogens (tertiary/aromatic N) is 1. The summed E-state index contributed by atoms with van der Waals surface area (Å²) in [5.74, 6) is 0.475. The number of thioether (sulfide) groups is 1. The minimum absolute atomic E-state index is 0.0734. The average molecular weight is 400 g/mol. The van der Waals surface area contributed by atoms with Crippen molar-refractivity contribution < 1.29 is 9.59 Å². The van der Waals surface area contributed by atoms with Crippen molar-refractivity contribution >= 4 is 57.4 Å². The van der Waals surface area contributed by atoms with Crippen LogP contribution in [0.25, 0.3) is 0 Å². The number of piperidine rings is 1. The summed E-state index contributed by atoms with van der Waals surface area (Å²) < 4.78 is 0.757. The van der Waals surface area contributed by atoms with Crippen LogP contribution in [0.15, 0.2) is 24.3 Å². The molecule has 1 aromatic carbocycles. The van der Waals surface area contributed by atoms with Gasteiger partial charge in [-0.2, -0.15) is 0 Å². The highest BCUT2D eigenvalue weighted by atomic mass is 35.5. The highest BCUT2D eigenvalue weighted by molar-refractivity contribution is 8.23. The minimum Gasteiger partial charge on any atom is -0.357 e. The predicted molar refractivity (Wildman–Crippen MR) is 108 cm³/mol. The van der Waals surface area contributed by atoms with E-state index in [1.165, 1.54) is 11.8 Å². The van der Waals surface area contributed by atoms with Gasteiger partial charge in [0.25, 0.3) is 0 Å². The van der Waals surface area contributed by atoms with Gasteiger partial charge in [0.1, 0.15) is 4.32 Å². The molecule has 0 bridgehead atoms. The summed E-state index contributed by atoms with van der Waals surface area (Å²) in [4.78, 5) is 25.8. The second kappa shape index (κ2) is 9.99. The lowest BCUT2D eigenvalue weighted by Gasteiger charge is -2.31. The number of likely N-dealkylation sites (tertiary alicyclic amines) is 1. The van der Waals surface area contributed by atoms with E-state index in [9.17, 15) is 9.59 Å². The summed E-state index contributed by atoms with van der Waals surface area (Å²) >= 11 is 12.5. The van der Waals surface area contributed by atoms with Gasteiger partial charge in [-0.05, 0) is 43.0 Å². The molecule has 136 valence electrons. The first kappa shape index (κ1) is 20.0. The van der Waals surface area contributed by atoms with Crippen molar-refractivity contribution in [2.45, 2.75) is 19.8 Å². The lowest BCUT2D eigenvalue weighted by molar-refractivity contribution is -0.122. The van der Waals surface area contributed by atoms with Crippen molar-refractivity contribution in [2.24, 2.45) is 5.92 Å². The fourth-order valence-corrected chi connectivity index (χ4v) is 3.59. The fraction of sp³-hybridized carbons (Fsp3) is 0.471. The van der Waals surface area contributed by atoms with Crippen LogP contribution >= 0.6 is 35.6 Å². The van der Waals surface area contributed by atoms with Crippen molar-refractivity contribution in [2.75, 3.05) is 30.7 Å². The van der Waals surface area contributed by atoms with Crippen LogP contribution in [-0.2, 0) is 9.59 Å². The second-order valence-corrected chi connectivity index (χ2v) is 8.10. The summed E-state index contributed by atoms with van der Waals surface area (Å²) in [6.45, 7) is 4.09. The second-order valence-electron chi connectivity index (χ2n) is 6.06. The van der Waals surface area contributed by atoms with Crippen LogP contribution in [0, 0.1) is 5.92 Å². The topological polar surface area (TPSA) is 61.4 Å². The summed E-state index contributed by atoms with van der Waals surface area (Å²) in [5, 5.41) is 5.89. The molecule has 2 N–H and O–H groups in total. The molecule has 0 unspecified atom stereocenters. The Morgan fingerprint density at radius 3 is 2.52 bits per heavy atom. The molecular formula is C17H22ClN3O2S2. The molecule has 5 nitrogen and oxygen atoms in total. The van der Waals surface area contributed by atoms with Gasteiger partial charge in [0.2, 0.25) is 11.8 Å². The molecule has 1 aliphatic rings. The van der Waals surface area contributed by atoms with Gasteiger partial charge in [0.05, 0.1) is 12.3 Å². The third-order valence-electron chi connectivity index (χ3n) is 3.94. The molecule has 1 saturated heterocycles. The maximum atomic E-state index is 11.9. The molecule has 2 rings (SSSR count). The third-order valence-corrected chi connectivity index (χ3v) is 5.72. The summed E-state index contributed by atoms with van der Waals surface area (Å²) in [5.41, 5.74) is 0.638. The molecule has 1 heterocycles. The van der Waals surface area contributed by atoms with E-state index >= 15 is 0 Å². The molecule has 8 heteroatoms. The molecule has 0 saturated carbocycles. The van der Waals surface area contributed by atoms with Crippen molar-refractivity contribution in [1.82, 2.24) is 10.2 Å². The maximum Gasteiger partial charge on any atom is 0.243 e. The zero-order chi connectivity index (χ0) is 18.2. The van der Waals surface area contributed by atoms with Crippen LogP contribution in [0.3, 0.4) is 0 Å². The van der Waals surface area contributed by atoms with E-state index in [1.807, 2.05) is 0 Å². The highest BCUT2D eigenvalue weighted by Gasteiger charge is 2.18.